The van der Waals surface area contributed by atoms with Gasteiger partial charge in [0.2, 0.25) is 0 Å². The van der Waals surface area contributed by atoms with Crippen LogP contribution >= 0.6 is 0 Å². The van der Waals surface area contributed by atoms with Gasteiger partial charge in [-0.3, -0.25) is 0 Å². The molecule has 0 aliphatic heterocycles. The molecule has 1 aliphatic rings. The minimum Gasteiger partial charge on any atom is -0.367 e. The summed E-state index contributed by atoms with van der Waals surface area (Å²) in [4.78, 5) is 8.09. The molecule has 1 fully saturated rings. The molecule has 0 amide bonds. The molecule has 1 saturated carbocycles. The highest BCUT2D eigenvalue weighted by Crippen LogP contribution is 2.33. The van der Waals surface area contributed by atoms with Crippen molar-refractivity contribution in [3.05, 3.63) is 12.4 Å². The zero-order chi connectivity index (χ0) is 10.7. The lowest BCUT2D eigenvalue weighted by atomic mass is 10.1. The second kappa shape index (κ2) is 4.44. The average molecular weight is 207 g/mol. The van der Waals surface area contributed by atoms with E-state index in [4.69, 9.17) is 5.84 Å². The fourth-order valence-electron chi connectivity index (χ4n) is 1.68. The molecule has 0 saturated heterocycles. The molecule has 0 spiro atoms. The molecule has 0 radical (unpaired) electrons. The van der Waals surface area contributed by atoms with Crippen LogP contribution in [0, 0.1) is 5.92 Å². The smallest absolute Gasteiger partial charge is 0.145 e. The van der Waals surface area contributed by atoms with Gasteiger partial charge in [0.25, 0.3) is 0 Å². The van der Waals surface area contributed by atoms with Crippen molar-refractivity contribution in [2.24, 2.45) is 11.8 Å². The summed E-state index contributed by atoms with van der Waals surface area (Å²) in [5.41, 5.74) is 2.50. The first kappa shape index (κ1) is 10.2. The first-order valence-corrected chi connectivity index (χ1v) is 5.33. The summed E-state index contributed by atoms with van der Waals surface area (Å²) in [5, 5.41) is 3.34. The molecule has 1 atom stereocenters. The number of nitrogens with one attached hydrogen (secondary N) is 2. The summed E-state index contributed by atoms with van der Waals surface area (Å²) < 4.78 is 0. The summed E-state index contributed by atoms with van der Waals surface area (Å²) in [7, 11) is 0. The van der Waals surface area contributed by atoms with E-state index in [1.165, 1.54) is 25.6 Å². The number of anilines is 2. The van der Waals surface area contributed by atoms with Crippen molar-refractivity contribution in [1.29, 1.82) is 0 Å². The highest BCUT2D eigenvalue weighted by molar-refractivity contribution is 5.45. The summed E-state index contributed by atoms with van der Waals surface area (Å²) in [6.07, 6.45) is 5.48. The van der Waals surface area contributed by atoms with Crippen LogP contribution in [0.4, 0.5) is 11.6 Å². The van der Waals surface area contributed by atoms with Crippen LogP contribution < -0.4 is 16.6 Å². The molecule has 4 N–H and O–H groups in total. The van der Waals surface area contributed by atoms with Gasteiger partial charge in [0, 0.05) is 12.1 Å². The van der Waals surface area contributed by atoms with Gasteiger partial charge in [-0.25, -0.2) is 15.8 Å². The van der Waals surface area contributed by atoms with Crippen LogP contribution in [0.2, 0.25) is 0 Å². The van der Waals surface area contributed by atoms with Crippen molar-refractivity contribution in [3.8, 4) is 0 Å². The maximum atomic E-state index is 5.27. The third-order valence-electron chi connectivity index (χ3n) is 2.59. The Hall–Kier alpha value is -1.36. The first-order chi connectivity index (χ1) is 7.28. The zero-order valence-corrected chi connectivity index (χ0v) is 8.90. The van der Waals surface area contributed by atoms with Gasteiger partial charge in [0.15, 0.2) is 0 Å². The van der Waals surface area contributed by atoms with Crippen molar-refractivity contribution >= 4 is 11.6 Å². The predicted octanol–water partition coefficient (Wildman–Crippen LogP) is 1.36. The van der Waals surface area contributed by atoms with Gasteiger partial charge in [-0.15, -0.1) is 0 Å². The second-order valence-corrected chi connectivity index (χ2v) is 4.16. The molecule has 0 bridgehead atoms. The monoisotopic (exact) mass is 207 g/mol. The SMILES string of the molecule is CC(CC1CC1)Nc1cc(NN)ncn1. The highest BCUT2D eigenvalue weighted by Gasteiger charge is 2.23. The van der Waals surface area contributed by atoms with Crippen LogP contribution in [0.3, 0.4) is 0 Å². The van der Waals surface area contributed by atoms with Gasteiger partial charge in [-0.2, -0.15) is 0 Å². The van der Waals surface area contributed by atoms with E-state index >= 15 is 0 Å². The lowest BCUT2D eigenvalue weighted by Crippen LogP contribution is -2.17. The number of hydrazine groups is 1. The van der Waals surface area contributed by atoms with E-state index in [9.17, 15) is 0 Å². The Morgan fingerprint density at radius 3 is 2.87 bits per heavy atom. The lowest BCUT2D eigenvalue weighted by molar-refractivity contribution is 0.640. The Labute approximate surface area is 89.5 Å². The van der Waals surface area contributed by atoms with E-state index in [2.05, 4.69) is 27.6 Å². The third-order valence-corrected chi connectivity index (χ3v) is 2.59. The summed E-state index contributed by atoms with van der Waals surface area (Å²) in [6, 6.07) is 2.27. The van der Waals surface area contributed by atoms with E-state index in [-0.39, 0.29) is 0 Å². The third kappa shape index (κ3) is 3.06. The molecule has 5 heteroatoms. The van der Waals surface area contributed by atoms with E-state index in [1.807, 2.05) is 6.07 Å². The molecule has 82 valence electrons. The van der Waals surface area contributed by atoms with Crippen molar-refractivity contribution in [2.75, 3.05) is 10.7 Å². The number of nitrogens with zero attached hydrogens (tertiary/aromatic N) is 2. The minimum atomic E-state index is 0.457. The average Bonchev–Trinajstić information content (AvgIpc) is 3.02. The van der Waals surface area contributed by atoms with E-state index in [0.717, 1.165) is 11.7 Å². The molecule has 1 heterocycles. The van der Waals surface area contributed by atoms with Crippen LogP contribution in [0.5, 0.6) is 0 Å². The summed E-state index contributed by atoms with van der Waals surface area (Å²) in [6.45, 7) is 2.18. The van der Waals surface area contributed by atoms with E-state index in [1.54, 1.807) is 0 Å². The number of nitrogen functional groups attached to an aromatic ring is 1. The van der Waals surface area contributed by atoms with E-state index in [0.29, 0.717) is 11.9 Å². The summed E-state index contributed by atoms with van der Waals surface area (Å²) in [5.74, 6) is 7.65. The molecule has 1 aliphatic carbocycles. The lowest BCUT2D eigenvalue weighted by Gasteiger charge is -2.13. The van der Waals surface area contributed by atoms with Gasteiger partial charge >= 0.3 is 0 Å². The molecule has 1 unspecified atom stereocenters. The molecule has 15 heavy (non-hydrogen) atoms. The van der Waals surface area contributed by atoms with Crippen molar-refractivity contribution in [1.82, 2.24) is 9.97 Å². The second-order valence-electron chi connectivity index (χ2n) is 4.16. The number of aromatic nitrogens is 2. The Morgan fingerprint density at radius 2 is 2.20 bits per heavy atom. The van der Waals surface area contributed by atoms with Crippen LogP contribution in [0.25, 0.3) is 0 Å². The maximum absolute atomic E-state index is 5.27. The first-order valence-electron chi connectivity index (χ1n) is 5.33. The van der Waals surface area contributed by atoms with Gasteiger partial charge in [-0.05, 0) is 19.3 Å². The molecular weight excluding hydrogens is 190 g/mol. The largest absolute Gasteiger partial charge is 0.367 e. The standard InChI is InChI=1S/C10H17N5/c1-7(4-8-2-3-8)14-9-5-10(15-11)13-6-12-9/h5-8H,2-4,11H2,1H3,(H2,12,13,14,15). The molecule has 1 aromatic heterocycles. The predicted molar refractivity (Wildman–Crippen MR) is 60.3 cm³/mol. The van der Waals surface area contributed by atoms with Crippen LogP contribution in [-0.4, -0.2) is 16.0 Å². The number of hydrogen-bond acceptors (Lipinski definition) is 5. The Balaban J connectivity index is 1.90. The normalized spacial score (nSPS) is 17.2. The van der Waals surface area contributed by atoms with Crippen LogP contribution in [0.1, 0.15) is 26.2 Å². The molecule has 1 aromatic rings. The Bertz CT molecular complexity index is 323. The summed E-state index contributed by atoms with van der Waals surface area (Å²) >= 11 is 0. The molecular formula is C10H17N5. The number of nitrogens with two attached hydrogens (primary N) is 1. The number of rotatable bonds is 5. The Morgan fingerprint density at radius 1 is 1.47 bits per heavy atom. The Kier molecular flexibility index (Phi) is 3.01. The number of hydrogen-bond donors (Lipinski definition) is 3. The van der Waals surface area contributed by atoms with Crippen molar-refractivity contribution in [3.63, 3.8) is 0 Å². The van der Waals surface area contributed by atoms with Crippen LogP contribution in [0.15, 0.2) is 12.4 Å². The van der Waals surface area contributed by atoms with Crippen molar-refractivity contribution in [2.45, 2.75) is 32.2 Å². The fourth-order valence-corrected chi connectivity index (χ4v) is 1.68. The quantitative estimate of drug-likeness (QED) is 0.502. The topological polar surface area (TPSA) is 75.9 Å². The maximum Gasteiger partial charge on any atom is 0.145 e. The van der Waals surface area contributed by atoms with Crippen molar-refractivity contribution < 1.29 is 0 Å². The van der Waals surface area contributed by atoms with Gasteiger partial charge < -0.3 is 10.7 Å². The minimum absolute atomic E-state index is 0.457. The van der Waals surface area contributed by atoms with Gasteiger partial charge in [-0.1, -0.05) is 12.8 Å². The molecule has 2 rings (SSSR count). The van der Waals surface area contributed by atoms with Gasteiger partial charge in [0.1, 0.15) is 18.0 Å². The zero-order valence-electron chi connectivity index (χ0n) is 8.90. The van der Waals surface area contributed by atoms with E-state index < -0.39 is 0 Å². The fraction of sp³-hybridized carbons (Fsp3) is 0.600. The molecule has 0 aromatic carbocycles. The highest BCUT2D eigenvalue weighted by atomic mass is 15.3. The van der Waals surface area contributed by atoms with Crippen LogP contribution in [-0.2, 0) is 0 Å². The molecule has 5 nitrogen and oxygen atoms in total. The van der Waals surface area contributed by atoms with Gasteiger partial charge in [0.05, 0.1) is 0 Å².